The molecule has 3 aromatic carbocycles. The van der Waals surface area contributed by atoms with Crippen LogP contribution in [0.25, 0.3) is 0 Å². The summed E-state index contributed by atoms with van der Waals surface area (Å²) in [6.07, 6.45) is 29.8. The van der Waals surface area contributed by atoms with Crippen molar-refractivity contribution in [3.63, 3.8) is 0 Å². The Morgan fingerprint density at radius 3 is 1.39 bits per heavy atom. The maximum Gasteiger partial charge on any atom is 0.199 e. The normalized spacial score (nSPS) is 33.0. The molecule has 10 rings (SSSR count). The molecule has 3 aromatic rings. The summed E-state index contributed by atoms with van der Waals surface area (Å²) in [5, 5.41) is 0. The van der Waals surface area contributed by atoms with E-state index in [-0.39, 0.29) is 47.5 Å². The van der Waals surface area contributed by atoms with Gasteiger partial charge >= 0.3 is 0 Å². The van der Waals surface area contributed by atoms with Gasteiger partial charge in [-0.3, -0.25) is 0 Å². The highest BCUT2D eigenvalue weighted by molar-refractivity contribution is 5.47. The standard InChI is InChI=1S/C59H78O8/c1-57(2,43-30-34-58(35-31-43,45-18-24-49(25-19-45)64-53-14-3-7-38-60-53)46-20-26-50(27-21-46)65-54-15-4-8-39-61-54)44-32-36-59(37-33-44,47-22-28-51(29-23-47)66-55-16-5-9-40-62-55)48-12-11-13-52(42-48)67-56-17-6-10-41-63-56/h11-13,18-28,42-44,51,53-56H,3-10,14-17,29-41H2,1-2H3. The summed E-state index contributed by atoms with van der Waals surface area (Å²) >= 11 is 0. The van der Waals surface area contributed by atoms with E-state index in [4.69, 9.17) is 37.9 Å². The fourth-order valence-corrected chi connectivity index (χ4v) is 13.0. The second kappa shape index (κ2) is 21.5. The molecule has 4 heterocycles. The number of hydrogen-bond donors (Lipinski definition) is 0. The third kappa shape index (κ3) is 10.9. The number of allylic oxidation sites excluding steroid dienone is 2. The van der Waals surface area contributed by atoms with Crippen molar-refractivity contribution in [1.29, 1.82) is 0 Å². The quantitative estimate of drug-likeness (QED) is 0.158. The molecule has 67 heavy (non-hydrogen) atoms. The Labute approximate surface area is 401 Å². The third-order valence-electron chi connectivity index (χ3n) is 17.3. The van der Waals surface area contributed by atoms with Crippen molar-refractivity contribution in [2.75, 3.05) is 26.4 Å². The molecular weight excluding hydrogens is 837 g/mol. The molecule has 5 unspecified atom stereocenters. The Balaban J connectivity index is 0.857. The van der Waals surface area contributed by atoms with Crippen molar-refractivity contribution in [1.82, 2.24) is 0 Å². The second-order valence-corrected chi connectivity index (χ2v) is 21.6. The second-order valence-electron chi connectivity index (χ2n) is 21.6. The molecule has 0 radical (unpaired) electrons. The van der Waals surface area contributed by atoms with Crippen molar-refractivity contribution in [2.45, 2.75) is 191 Å². The summed E-state index contributed by atoms with van der Waals surface area (Å²) in [7, 11) is 0. The Hall–Kier alpha value is -3.66. The number of hydrogen-bond acceptors (Lipinski definition) is 8. The molecule has 8 heteroatoms. The first-order valence-corrected chi connectivity index (χ1v) is 26.7. The van der Waals surface area contributed by atoms with Gasteiger partial charge in [0.15, 0.2) is 25.2 Å². The van der Waals surface area contributed by atoms with E-state index in [0.29, 0.717) is 11.8 Å². The van der Waals surface area contributed by atoms with Gasteiger partial charge in [-0.15, -0.1) is 0 Å². The Bertz CT molecular complexity index is 2000. The van der Waals surface area contributed by atoms with Crippen LogP contribution in [0.2, 0.25) is 0 Å². The smallest absolute Gasteiger partial charge is 0.199 e. The van der Waals surface area contributed by atoms with Crippen LogP contribution in [0.4, 0.5) is 0 Å². The summed E-state index contributed by atoms with van der Waals surface area (Å²) in [6.45, 7) is 8.35. The van der Waals surface area contributed by atoms with Gasteiger partial charge in [-0.05, 0) is 191 Å². The Morgan fingerprint density at radius 1 is 0.478 bits per heavy atom. The summed E-state index contributed by atoms with van der Waals surface area (Å²) < 4.78 is 49.5. The molecule has 4 saturated heterocycles. The van der Waals surface area contributed by atoms with Gasteiger partial charge in [0.05, 0.1) is 25.9 Å². The van der Waals surface area contributed by atoms with Gasteiger partial charge < -0.3 is 37.9 Å². The zero-order chi connectivity index (χ0) is 45.5. The molecule has 7 aliphatic rings. The van der Waals surface area contributed by atoms with Gasteiger partial charge in [0.25, 0.3) is 0 Å². The zero-order valence-corrected chi connectivity index (χ0v) is 40.6. The fourth-order valence-electron chi connectivity index (χ4n) is 13.0. The van der Waals surface area contributed by atoms with Crippen LogP contribution in [-0.2, 0) is 34.5 Å². The lowest BCUT2D eigenvalue weighted by Crippen LogP contribution is -2.43. The molecule has 362 valence electrons. The van der Waals surface area contributed by atoms with Crippen LogP contribution in [0.3, 0.4) is 0 Å². The van der Waals surface area contributed by atoms with E-state index in [9.17, 15) is 0 Å². The fraction of sp³-hybridized carbons (Fsp3) is 0.627. The van der Waals surface area contributed by atoms with Crippen LogP contribution in [-0.4, -0.2) is 57.7 Å². The van der Waals surface area contributed by atoms with Gasteiger partial charge in [-0.2, -0.15) is 0 Å². The van der Waals surface area contributed by atoms with E-state index in [1.54, 1.807) is 0 Å². The molecule has 5 atom stereocenters. The monoisotopic (exact) mass is 915 g/mol. The van der Waals surface area contributed by atoms with Crippen LogP contribution in [0, 0.1) is 17.3 Å². The highest BCUT2D eigenvalue weighted by atomic mass is 16.7. The summed E-state index contributed by atoms with van der Waals surface area (Å²) in [5.41, 5.74) is 5.59. The molecule has 4 aliphatic heterocycles. The topological polar surface area (TPSA) is 73.8 Å². The Morgan fingerprint density at radius 2 is 0.940 bits per heavy atom. The molecule has 3 aliphatic carbocycles. The first-order chi connectivity index (χ1) is 32.8. The van der Waals surface area contributed by atoms with Crippen molar-refractivity contribution in [3.8, 4) is 17.2 Å². The number of ether oxygens (including phenoxy) is 8. The molecule has 8 nitrogen and oxygen atoms in total. The first kappa shape index (κ1) is 47.0. The minimum atomic E-state index is -0.163. The molecule has 0 amide bonds. The molecule has 2 saturated carbocycles. The van der Waals surface area contributed by atoms with Crippen molar-refractivity contribution in [2.24, 2.45) is 17.3 Å². The van der Waals surface area contributed by atoms with E-state index in [1.165, 1.54) is 54.4 Å². The lowest BCUT2D eigenvalue weighted by Gasteiger charge is -2.52. The van der Waals surface area contributed by atoms with Crippen LogP contribution in [0.15, 0.2) is 96.6 Å². The molecule has 0 N–H and O–H groups in total. The maximum absolute atomic E-state index is 6.51. The predicted molar refractivity (Wildman–Crippen MR) is 262 cm³/mol. The summed E-state index contributed by atoms with van der Waals surface area (Å²) in [5.74, 6) is 3.98. The number of benzene rings is 3. The van der Waals surface area contributed by atoms with E-state index >= 15 is 0 Å². The SMILES string of the molecule is CC(C)(C1CCC(C2=CCC(OC3CCCCO3)C=C2)(c2cccc(OC3CCCCO3)c2)CC1)C1CCC(c2ccc(OC3CCCCO3)cc2)(c2ccc(OC3CCCCO3)cc2)CC1. The molecule has 0 aromatic heterocycles. The molecule has 0 bridgehead atoms. The Kier molecular flexibility index (Phi) is 15.1. The van der Waals surface area contributed by atoms with Crippen LogP contribution >= 0.6 is 0 Å². The molecule has 0 spiro atoms. The third-order valence-corrected chi connectivity index (χ3v) is 17.3. The average molecular weight is 915 g/mol. The van der Waals surface area contributed by atoms with Crippen LogP contribution in [0.1, 0.15) is 165 Å². The van der Waals surface area contributed by atoms with Gasteiger partial charge in [0.2, 0.25) is 0 Å². The van der Waals surface area contributed by atoms with E-state index < -0.39 is 0 Å². The van der Waals surface area contributed by atoms with E-state index in [2.05, 4.69) is 105 Å². The minimum Gasteiger partial charge on any atom is -0.465 e. The van der Waals surface area contributed by atoms with Crippen LogP contribution in [0.5, 0.6) is 17.2 Å². The lowest BCUT2D eigenvalue weighted by atomic mass is 9.53. The van der Waals surface area contributed by atoms with Gasteiger partial charge in [0.1, 0.15) is 17.2 Å². The summed E-state index contributed by atoms with van der Waals surface area (Å²) in [4.78, 5) is 0. The predicted octanol–water partition coefficient (Wildman–Crippen LogP) is 13.8. The van der Waals surface area contributed by atoms with Gasteiger partial charge in [-0.1, -0.05) is 68.5 Å². The zero-order valence-electron chi connectivity index (χ0n) is 40.6. The average Bonchev–Trinajstić information content (AvgIpc) is 3.38. The van der Waals surface area contributed by atoms with Gasteiger partial charge in [0, 0.05) is 36.7 Å². The first-order valence-electron chi connectivity index (χ1n) is 26.7. The van der Waals surface area contributed by atoms with Crippen LogP contribution < -0.4 is 14.2 Å². The number of rotatable bonds is 14. The van der Waals surface area contributed by atoms with Gasteiger partial charge in [-0.25, -0.2) is 0 Å². The van der Waals surface area contributed by atoms with E-state index in [0.717, 1.165) is 146 Å². The maximum atomic E-state index is 6.51. The minimum absolute atomic E-state index is 0.0561. The molecular formula is C59H78O8. The lowest BCUT2D eigenvalue weighted by molar-refractivity contribution is -0.177. The largest absolute Gasteiger partial charge is 0.465 e. The van der Waals surface area contributed by atoms with Crippen molar-refractivity contribution in [3.05, 3.63) is 113 Å². The highest BCUT2D eigenvalue weighted by Gasteiger charge is 2.48. The van der Waals surface area contributed by atoms with Crippen molar-refractivity contribution >= 4 is 0 Å². The summed E-state index contributed by atoms with van der Waals surface area (Å²) in [6, 6.07) is 27.1. The van der Waals surface area contributed by atoms with E-state index in [1.807, 2.05) is 0 Å². The van der Waals surface area contributed by atoms with Crippen molar-refractivity contribution < 1.29 is 37.9 Å². The molecule has 6 fully saturated rings. The highest BCUT2D eigenvalue weighted by Crippen LogP contribution is 2.58.